The summed E-state index contributed by atoms with van der Waals surface area (Å²) in [7, 11) is 0. The number of benzene rings is 2. The number of carbonyl (C=O) groups excluding carboxylic acids is 1. The molecule has 2 aromatic carbocycles. The smallest absolute Gasteiger partial charge is 0.269 e. The Labute approximate surface area is 173 Å². The van der Waals surface area contributed by atoms with Crippen molar-refractivity contribution in [3.8, 4) is 11.4 Å². The van der Waals surface area contributed by atoms with E-state index in [1.165, 1.54) is 12.1 Å². The molecule has 0 bridgehead atoms. The number of aromatic nitrogens is 2. The number of rotatable bonds is 8. The zero-order valence-electron chi connectivity index (χ0n) is 16.4. The Morgan fingerprint density at radius 3 is 2.50 bits per heavy atom. The van der Waals surface area contributed by atoms with Gasteiger partial charge in [-0.05, 0) is 30.5 Å². The Kier molecular flexibility index (Phi) is 5.83. The van der Waals surface area contributed by atoms with E-state index in [9.17, 15) is 14.9 Å². The van der Waals surface area contributed by atoms with Gasteiger partial charge in [-0.1, -0.05) is 41.9 Å². The van der Waals surface area contributed by atoms with E-state index in [0.717, 1.165) is 24.8 Å². The van der Waals surface area contributed by atoms with Crippen molar-refractivity contribution in [3.05, 3.63) is 76.2 Å². The summed E-state index contributed by atoms with van der Waals surface area (Å²) in [5.41, 5.74) is 1.73. The van der Waals surface area contributed by atoms with Gasteiger partial charge >= 0.3 is 0 Å². The summed E-state index contributed by atoms with van der Waals surface area (Å²) in [5.74, 6) is 1.11. The molecule has 0 N–H and O–H groups in total. The number of nitrogens with zero attached hydrogens (tertiary/aromatic N) is 4. The molecule has 1 aromatic heterocycles. The molecule has 30 heavy (non-hydrogen) atoms. The van der Waals surface area contributed by atoms with Crippen LogP contribution in [0.5, 0.6) is 0 Å². The van der Waals surface area contributed by atoms with Gasteiger partial charge in [-0.3, -0.25) is 14.9 Å². The molecule has 8 nitrogen and oxygen atoms in total. The van der Waals surface area contributed by atoms with Crippen molar-refractivity contribution in [1.82, 2.24) is 15.0 Å². The Morgan fingerprint density at radius 2 is 1.87 bits per heavy atom. The third-order valence-corrected chi connectivity index (χ3v) is 5.38. The summed E-state index contributed by atoms with van der Waals surface area (Å²) in [6.07, 6.45) is 3.47. The molecule has 8 heteroatoms. The predicted molar refractivity (Wildman–Crippen MR) is 109 cm³/mol. The minimum absolute atomic E-state index is 0.00790. The molecular weight excluding hydrogens is 384 g/mol. The summed E-state index contributed by atoms with van der Waals surface area (Å²) < 4.78 is 5.34. The van der Waals surface area contributed by atoms with Crippen LogP contribution in [-0.2, 0) is 17.8 Å². The first-order valence-corrected chi connectivity index (χ1v) is 10.0. The zero-order chi connectivity index (χ0) is 20.9. The van der Waals surface area contributed by atoms with Crippen molar-refractivity contribution in [1.29, 1.82) is 0 Å². The van der Waals surface area contributed by atoms with Crippen LogP contribution in [0.1, 0.15) is 30.7 Å². The van der Waals surface area contributed by atoms with E-state index in [1.54, 1.807) is 12.1 Å². The van der Waals surface area contributed by atoms with Gasteiger partial charge < -0.3 is 9.42 Å². The van der Waals surface area contributed by atoms with Gasteiger partial charge in [-0.2, -0.15) is 4.98 Å². The molecule has 1 amide bonds. The molecule has 1 saturated carbocycles. The van der Waals surface area contributed by atoms with Crippen molar-refractivity contribution < 1.29 is 14.2 Å². The quantitative estimate of drug-likeness (QED) is 0.414. The van der Waals surface area contributed by atoms with E-state index >= 15 is 0 Å². The minimum atomic E-state index is -0.453. The molecule has 3 aromatic rings. The van der Waals surface area contributed by atoms with Crippen molar-refractivity contribution in [3.63, 3.8) is 0 Å². The Balaban J connectivity index is 1.43. The predicted octanol–water partition coefficient (Wildman–Crippen LogP) is 4.02. The van der Waals surface area contributed by atoms with Gasteiger partial charge in [-0.15, -0.1) is 0 Å². The number of hydrogen-bond acceptors (Lipinski definition) is 6. The Morgan fingerprint density at radius 1 is 1.13 bits per heavy atom. The molecular formula is C22H22N4O4. The fraction of sp³-hybridized carbons (Fsp3) is 0.318. The fourth-order valence-electron chi connectivity index (χ4n) is 3.42. The van der Waals surface area contributed by atoms with E-state index in [2.05, 4.69) is 10.1 Å². The lowest BCUT2D eigenvalue weighted by molar-refractivity contribution is -0.384. The summed E-state index contributed by atoms with van der Waals surface area (Å²) in [6.45, 7) is 1.05. The van der Waals surface area contributed by atoms with E-state index < -0.39 is 4.92 Å². The number of nitro benzene ring substituents is 1. The number of amides is 1. The van der Waals surface area contributed by atoms with Crippen LogP contribution in [0.2, 0.25) is 0 Å². The molecule has 154 valence electrons. The molecule has 0 radical (unpaired) electrons. The van der Waals surface area contributed by atoms with Gasteiger partial charge in [0.15, 0.2) is 0 Å². The van der Waals surface area contributed by atoms with E-state index in [0.29, 0.717) is 36.8 Å². The van der Waals surface area contributed by atoms with Crippen LogP contribution in [-0.4, -0.2) is 32.4 Å². The normalized spacial score (nSPS) is 13.6. The first-order chi connectivity index (χ1) is 14.6. The van der Waals surface area contributed by atoms with Crippen LogP contribution < -0.4 is 0 Å². The van der Waals surface area contributed by atoms with Gasteiger partial charge in [0.1, 0.15) is 0 Å². The molecule has 0 unspecified atom stereocenters. The third-order valence-electron chi connectivity index (χ3n) is 5.38. The highest BCUT2D eigenvalue weighted by Crippen LogP contribution is 2.29. The average molecular weight is 406 g/mol. The molecule has 1 aliphatic rings. The lowest BCUT2D eigenvalue weighted by Crippen LogP contribution is -2.39. The van der Waals surface area contributed by atoms with Gasteiger partial charge in [0.25, 0.3) is 5.69 Å². The largest absolute Gasteiger partial charge is 0.339 e. The maximum atomic E-state index is 12.9. The Hall–Kier alpha value is -3.55. The number of nitro groups is 1. The van der Waals surface area contributed by atoms with Crippen molar-refractivity contribution in [2.45, 2.75) is 32.2 Å². The monoisotopic (exact) mass is 406 g/mol. The molecule has 1 aliphatic carbocycles. The van der Waals surface area contributed by atoms with Crippen LogP contribution in [0, 0.1) is 16.0 Å². The summed E-state index contributed by atoms with van der Waals surface area (Å²) >= 11 is 0. The summed E-state index contributed by atoms with van der Waals surface area (Å²) in [6, 6.07) is 15.9. The zero-order valence-corrected chi connectivity index (χ0v) is 16.4. The maximum absolute atomic E-state index is 12.9. The number of non-ortho nitro benzene ring substituents is 1. The SMILES string of the molecule is O=C(C1CCC1)N(CCc1nc(-c2ccc([N+](=O)[O-])cc2)no1)Cc1ccccc1. The van der Waals surface area contributed by atoms with E-state index in [-0.39, 0.29) is 17.5 Å². The first-order valence-electron chi connectivity index (χ1n) is 10.0. The highest BCUT2D eigenvalue weighted by Gasteiger charge is 2.29. The number of hydrogen-bond donors (Lipinski definition) is 0. The van der Waals surface area contributed by atoms with Gasteiger partial charge in [0.2, 0.25) is 17.6 Å². The standard InChI is InChI=1S/C22H22N4O4/c27-22(18-7-4-8-18)25(15-16-5-2-1-3-6-16)14-13-20-23-21(24-30-20)17-9-11-19(12-10-17)26(28)29/h1-3,5-6,9-12,18H,4,7-8,13-15H2. The summed E-state index contributed by atoms with van der Waals surface area (Å²) in [5, 5.41) is 14.8. The molecule has 0 saturated heterocycles. The van der Waals surface area contributed by atoms with Crippen molar-refractivity contribution in [2.75, 3.05) is 6.54 Å². The second kappa shape index (κ2) is 8.86. The van der Waals surface area contributed by atoms with Crippen molar-refractivity contribution >= 4 is 11.6 Å². The third kappa shape index (κ3) is 4.53. The average Bonchev–Trinajstić information content (AvgIpc) is 3.19. The molecule has 4 rings (SSSR count). The van der Waals surface area contributed by atoms with Gasteiger partial charge in [0, 0.05) is 43.1 Å². The van der Waals surface area contributed by atoms with Gasteiger partial charge in [0.05, 0.1) is 4.92 Å². The minimum Gasteiger partial charge on any atom is -0.339 e. The lowest BCUT2D eigenvalue weighted by atomic mass is 9.84. The van der Waals surface area contributed by atoms with Crippen LogP contribution in [0.4, 0.5) is 5.69 Å². The van der Waals surface area contributed by atoms with Crippen LogP contribution in [0.15, 0.2) is 59.1 Å². The highest BCUT2D eigenvalue weighted by atomic mass is 16.6. The van der Waals surface area contributed by atoms with Gasteiger partial charge in [-0.25, -0.2) is 0 Å². The van der Waals surface area contributed by atoms with Crippen molar-refractivity contribution in [2.24, 2.45) is 5.92 Å². The van der Waals surface area contributed by atoms with E-state index in [4.69, 9.17) is 4.52 Å². The molecule has 1 fully saturated rings. The van der Waals surface area contributed by atoms with Crippen LogP contribution in [0.3, 0.4) is 0 Å². The molecule has 0 spiro atoms. The summed E-state index contributed by atoms with van der Waals surface area (Å²) in [4.78, 5) is 29.5. The number of carbonyl (C=O) groups is 1. The second-order valence-electron chi connectivity index (χ2n) is 7.44. The topological polar surface area (TPSA) is 102 Å². The molecule has 0 aliphatic heterocycles. The molecule has 0 atom stereocenters. The van der Waals surface area contributed by atoms with Crippen LogP contribution >= 0.6 is 0 Å². The lowest BCUT2D eigenvalue weighted by Gasteiger charge is -2.31. The van der Waals surface area contributed by atoms with Crippen LogP contribution in [0.25, 0.3) is 11.4 Å². The van der Waals surface area contributed by atoms with E-state index in [1.807, 2.05) is 35.2 Å². The highest BCUT2D eigenvalue weighted by molar-refractivity contribution is 5.79. The Bertz CT molecular complexity index is 1010. The maximum Gasteiger partial charge on any atom is 0.269 e. The first kappa shape index (κ1) is 19.8. The molecule has 1 heterocycles. The second-order valence-corrected chi connectivity index (χ2v) is 7.44. The fourth-order valence-corrected chi connectivity index (χ4v) is 3.42.